The van der Waals surface area contributed by atoms with Crippen LogP contribution in [0, 0.1) is 13.8 Å². The van der Waals surface area contributed by atoms with Gasteiger partial charge in [-0.2, -0.15) is 0 Å². The fourth-order valence-electron chi connectivity index (χ4n) is 11.4. The molecule has 0 saturated carbocycles. The van der Waals surface area contributed by atoms with Gasteiger partial charge in [-0.05, 0) is 106 Å². The molecule has 0 aliphatic heterocycles. The third-order valence-electron chi connectivity index (χ3n) is 14.5. The van der Waals surface area contributed by atoms with Crippen molar-refractivity contribution in [2.24, 2.45) is 0 Å². The molecule has 0 bridgehead atoms. The quantitative estimate of drug-likeness (QED) is 0.142. The van der Waals surface area contributed by atoms with E-state index in [4.69, 9.17) is 8.83 Å². The standard InChI is InChI=1S/C66H44N2O2/c1-41-17-13-27-55(61(41)43-19-5-3-6-20-43)67(57-29-15-25-49-47-23-9-11-31-59(47)69-65(49)57)53-39-35-45-34-38-52-54(40-36-46-33-37-51(53)63(45)64(46)52)68(56-28-14-18-42(2)62(56)44-21-7-4-8-22-44)58-30-16-26-50-48-24-10-12-32-60(48)70-66(50)58/h3-40H,1-2H3. The van der Waals surface area contributed by atoms with Gasteiger partial charge in [0.25, 0.3) is 0 Å². The highest BCUT2D eigenvalue weighted by atomic mass is 16.3. The van der Waals surface area contributed by atoms with Gasteiger partial charge >= 0.3 is 0 Å². The van der Waals surface area contributed by atoms with Gasteiger partial charge in [-0.25, -0.2) is 0 Å². The molecule has 330 valence electrons. The number of rotatable bonds is 8. The first-order chi connectivity index (χ1) is 34.6. The van der Waals surface area contributed by atoms with Gasteiger partial charge in [-0.1, -0.05) is 182 Å². The van der Waals surface area contributed by atoms with Gasteiger partial charge < -0.3 is 18.6 Å². The molecule has 0 spiro atoms. The SMILES string of the molecule is Cc1cccc(N(c2ccc3ccc4c(N(c5cccc(C)c5-c5ccccc5)c5cccc6c5oc5ccccc56)ccc5ccc2c3c54)c2cccc3c2oc2ccccc23)c1-c1ccccc1. The van der Waals surface area contributed by atoms with E-state index in [9.17, 15) is 0 Å². The summed E-state index contributed by atoms with van der Waals surface area (Å²) in [4.78, 5) is 4.89. The van der Waals surface area contributed by atoms with Crippen LogP contribution in [-0.2, 0) is 0 Å². The normalized spacial score (nSPS) is 11.9. The minimum absolute atomic E-state index is 0.847. The number of hydrogen-bond donors (Lipinski definition) is 0. The van der Waals surface area contributed by atoms with Crippen LogP contribution in [0.2, 0.25) is 0 Å². The molecule has 70 heavy (non-hydrogen) atoms. The smallest absolute Gasteiger partial charge is 0.159 e. The lowest BCUT2D eigenvalue weighted by Gasteiger charge is -2.31. The minimum atomic E-state index is 0.847. The number of fused-ring (bicyclic) bond motifs is 6. The molecule has 14 rings (SSSR count). The van der Waals surface area contributed by atoms with Crippen LogP contribution in [0.1, 0.15) is 11.1 Å². The summed E-state index contributed by atoms with van der Waals surface area (Å²) in [5, 5.41) is 11.4. The monoisotopic (exact) mass is 896 g/mol. The molecule has 0 unspecified atom stereocenters. The van der Waals surface area contributed by atoms with Crippen molar-refractivity contribution >= 4 is 110 Å². The molecule has 2 heterocycles. The fraction of sp³-hybridized carbons (Fsp3) is 0.0303. The van der Waals surface area contributed by atoms with Crippen molar-refractivity contribution in [2.45, 2.75) is 13.8 Å². The number of hydrogen-bond acceptors (Lipinski definition) is 4. The first-order valence-electron chi connectivity index (χ1n) is 24.0. The Bertz CT molecular complexity index is 4060. The second-order valence-electron chi connectivity index (χ2n) is 18.4. The van der Waals surface area contributed by atoms with E-state index in [-0.39, 0.29) is 0 Å². The maximum absolute atomic E-state index is 6.88. The van der Waals surface area contributed by atoms with Crippen LogP contribution in [0.4, 0.5) is 34.1 Å². The van der Waals surface area contributed by atoms with E-state index in [0.717, 1.165) is 99.9 Å². The van der Waals surface area contributed by atoms with Crippen LogP contribution in [0.3, 0.4) is 0 Å². The summed E-state index contributed by atoms with van der Waals surface area (Å²) in [7, 11) is 0. The van der Waals surface area contributed by atoms with Crippen LogP contribution < -0.4 is 9.80 Å². The third-order valence-corrected chi connectivity index (χ3v) is 14.5. The Hall–Kier alpha value is -9.12. The number of para-hydroxylation sites is 4. The molecule has 0 N–H and O–H groups in total. The second kappa shape index (κ2) is 15.7. The summed E-state index contributed by atoms with van der Waals surface area (Å²) < 4.78 is 13.8. The lowest BCUT2D eigenvalue weighted by atomic mass is 9.90. The number of anilines is 6. The molecule has 2 aromatic heterocycles. The molecule has 0 aliphatic rings. The van der Waals surface area contributed by atoms with Crippen LogP contribution in [0.5, 0.6) is 0 Å². The molecule has 0 atom stereocenters. The molecule has 14 aromatic rings. The van der Waals surface area contributed by atoms with E-state index >= 15 is 0 Å². The molecule has 0 fully saturated rings. The number of benzene rings is 12. The Labute approximate surface area is 404 Å². The van der Waals surface area contributed by atoms with Gasteiger partial charge in [-0.3, -0.25) is 0 Å². The van der Waals surface area contributed by atoms with Crippen molar-refractivity contribution in [3.05, 3.63) is 242 Å². The van der Waals surface area contributed by atoms with E-state index in [2.05, 4.69) is 242 Å². The van der Waals surface area contributed by atoms with Gasteiger partial charge in [0.1, 0.15) is 11.2 Å². The van der Waals surface area contributed by atoms with Gasteiger partial charge in [0, 0.05) is 43.4 Å². The summed E-state index contributed by atoms with van der Waals surface area (Å²) in [6.07, 6.45) is 0. The average Bonchev–Trinajstić information content (AvgIpc) is 3.99. The first kappa shape index (κ1) is 40.0. The predicted octanol–water partition coefficient (Wildman–Crippen LogP) is 19.3. The number of aryl methyl sites for hydroxylation is 2. The number of nitrogens with zero attached hydrogens (tertiary/aromatic N) is 2. The van der Waals surface area contributed by atoms with E-state index < -0.39 is 0 Å². The minimum Gasteiger partial charge on any atom is -0.454 e. The van der Waals surface area contributed by atoms with Crippen molar-refractivity contribution in [3.63, 3.8) is 0 Å². The zero-order valence-corrected chi connectivity index (χ0v) is 38.7. The average molecular weight is 897 g/mol. The zero-order chi connectivity index (χ0) is 46.5. The number of furan rings is 2. The Morgan fingerprint density at radius 3 is 1.10 bits per heavy atom. The van der Waals surface area contributed by atoms with Crippen molar-refractivity contribution in [2.75, 3.05) is 9.80 Å². The molecule has 0 amide bonds. The molecule has 0 aliphatic carbocycles. The highest BCUT2D eigenvalue weighted by Gasteiger charge is 2.28. The van der Waals surface area contributed by atoms with Crippen molar-refractivity contribution in [3.8, 4) is 22.3 Å². The van der Waals surface area contributed by atoms with E-state index in [0.29, 0.717) is 0 Å². The van der Waals surface area contributed by atoms with Crippen LogP contribution in [-0.4, -0.2) is 0 Å². The lowest BCUT2D eigenvalue weighted by Crippen LogP contribution is -2.13. The van der Waals surface area contributed by atoms with Gasteiger partial charge in [0.2, 0.25) is 0 Å². The van der Waals surface area contributed by atoms with E-state index in [1.54, 1.807) is 0 Å². The Balaban J connectivity index is 1.07. The largest absolute Gasteiger partial charge is 0.454 e. The van der Waals surface area contributed by atoms with Crippen molar-refractivity contribution in [1.29, 1.82) is 0 Å². The van der Waals surface area contributed by atoms with Crippen LogP contribution in [0.15, 0.2) is 239 Å². The van der Waals surface area contributed by atoms with Gasteiger partial charge in [0.15, 0.2) is 11.2 Å². The first-order valence-corrected chi connectivity index (χ1v) is 24.0. The maximum Gasteiger partial charge on any atom is 0.159 e. The van der Waals surface area contributed by atoms with Crippen LogP contribution >= 0.6 is 0 Å². The van der Waals surface area contributed by atoms with E-state index in [1.807, 2.05) is 12.1 Å². The maximum atomic E-state index is 6.88. The summed E-state index contributed by atoms with van der Waals surface area (Å²) in [5.74, 6) is 0. The molecule has 4 nitrogen and oxygen atoms in total. The highest BCUT2D eigenvalue weighted by Crippen LogP contribution is 2.53. The summed E-state index contributed by atoms with van der Waals surface area (Å²) in [5.41, 5.74) is 16.7. The van der Waals surface area contributed by atoms with Crippen LogP contribution in [0.25, 0.3) is 98.4 Å². The Kier molecular flexibility index (Phi) is 8.99. The second-order valence-corrected chi connectivity index (χ2v) is 18.4. The Morgan fingerprint density at radius 1 is 0.271 bits per heavy atom. The summed E-state index contributed by atoms with van der Waals surface area (Å²) in [6, 6.07) is 83.1. The zero-order valence-electron chi connectivity index (χ0n) is 38.7. The van der Waals surface area contributed by atoms with Gasteiger partial charge in [-0.15, -0.1) is 0 Å². The molecular weight excluding hydrogens is 853 g/mol. The summed E-state index contributed by atoms with van der Waals surface area (Å²) in [6.45, 7) is 4.43. The molecule has 0 saturated heterocycles. The Morgan fingerprint density at radius 2 is 0.643 bits per heavy atom. The molecule has 12 aromatic carbocycles. The van der Waals surface area contributed by atoms with Crippen molar-refractivity contribution < 1.29 is 8.83 Å². The predicted molar refractivity (Wildman–Crippen MR) is 294 cm³/mol. The fourth-order valence-corrected chi connectivity index (χ4v) is 11.4. The van der Waals surface area contributed by atoms with Gasteiger partial charge in [0.05, 0.1) is 34.1 Å². The molecule has 4 heteroatoms. The lowest BCUT2D eigenvalue weighted by molar-refractivity contribution is 0.669. The molecule has 0 radical (unpaired) electrons. The topological polar surface area (TPSA) is 32.8 Å². The van der Waals surface area contributed by atoms with Crippen molar-refractivity contribution in [1.82, 2.24) is 0 Å². The third kappa shape index (κ3) is 6.03. The molecular formula is C66H44N2O2. The van der Waals surface area contributed by atoms with E-state index in [1.165, 1.54) is 43.8 Å². The highest BCUT2D eigenvalue weighted by molar-refractivity contribution is 6.29. The summed E-state index contributed by atoms with van der Waals surface area (Å²) >= 11 is 0.